The van der Waals surface area contributed by atoms with E-state index in [1.807, 2.05) is 0 Å². The molecule has 0 radical (unpaired) electrons. The van der Waals surface area contributed by atoms with Gasteiger partial charge in [0, 0.05) is 6.42 Å². The fraction of sp³-hybridized carbons (Fsp3) is 0.438. The van der Waals surface area contributed by atoms with Gasteiger partial charge in [0.2, 0.25) is 15.9 Å². The van der Waals surface area contributed by atoms with Crippen LogP contribution in [0.5, 0.6) is 5.75 Å². The van der Waals surface area contributed by atoms with Gasteiger partial charge in [0.25, 0.3) is 5.89 Å². The molecule has 0 unspecified atom stereocenters. The Morgan fingerprint density at radius 1 is 1.38 bits per heavy atom. The predicted octanol–water partition coefficient (Wildman–Crippen LogP) is 1.73. The van der Waals surface area contributed by atoms with Crippen LogP contribution in [0.4, 0.5) is 0 Å². The molecule has 1 aromatic carbocycles. The average Bonchev–Trinajstić information content (AvgIpc) is 3.37. The number of sulfonamides is 1. The van der Waals surface area contributed by atoms with Crippen molar-refractivity contribution in [2.75, 3.05) is 7.11 Å². The van der Waals surface area contributed by atoms with Gasteiger partial charge in [-0.3, -0.25) is 4.79 Å². The Balaban J connectivity index is 1.86. The lowest BCUT2D eigenvalue weighted by Gasteiger charge is -2.14. The van der Waals surface area contributed by atoms with Gasteiger partial charge in [-0.2, -0.15) is 0 Å². The fourth-order valence-electron chi connectivity index (χ4n) is 2.48. The van der Waals surface area contributed by atoms with Crippen LogP contribution in [0.25, 0.3) is 11.5 Å². The largest absolute Gasteiger partial charge is 0.496 e. The molecule has 3 rings (SSSR count). The first-order valence-electron chi connectivity index (χ1n) is 8.10. The van der Waals surface area contributed by atoms with Gasteiger partial charge >= 0.3 is 5.97 Å². The van der Waals surface area contributed by atoms with Crippen LogP contribution < -0.4 is 9.46 Å². The van der Waals surface area contributed by atoms with Crippen molar-refractivity contribution in [3.05, 3.63) is 30.2 Å². The molecule has 1 fully saturated rings. The Hall–Kier alpha value is -2.46. The Morgan fingerprint density at radius 2 is 2.12 bits per heavy atom. The molecule has 1 saturated carbocycles. The van der Waals surface area contributed by atoms with E-state index in [1.165, 1.54) is 7.11 Å². The predicted molar refractivity (Wildman–Crippen MR) is 91.0 cm³/mol. The molecule has 1 aliphatic rings. The SMILES string of the molecule is COc1ccccc1-c1nnc([C@H](CCC(=O)O)NS(=O)(=O)C2CC2)o1. The third-order valence-corrected chi connectivity index (χ3v) is 5.95. The summed E-state index contributed by atoms with van der Waals surface area (Å²) in [4.78, 5) is 10.9. The van der Waals surface area contributed by atoms with Crippen LogP contribution in [-0.4, -0.2) is 42.1 Å². The number of para-hydroxylation sites is 1. The van der Waals surface area contributed by atoms with Crippen LogP contribution in [0.3, 0.4) is 0 Å². The highest BCUT2D eigenvalue weighted by Crippen LogP contribution is 2.32. The standard InChI is InChI=1S/C16H19N3O6S/c1-24-13-5-3-2-4-11(13)15-17-18-16(25-15)12(8-9-14(20)21)19-26(22,23)10-6-7-10/h2-5,10,12,19H,6-9H2,1H3,(H,20,21)/t12-/m0/s1. The number of nitrogens with one attached hydrogen (secondary N) is 1. The highest BCUT2D eigenvalue weighted by atomic mass is 32.2. The molecule has 9 nitrogen and oxygen atoms in total. The number of nitrogens with zero attached hydrogens (tertiary/aromatic N) is 2. The summed E-state index contributed by atoms with van der Waals surface area (Å²) in [6.07, 6.45) is 0.966. The van der Waals surface area contributed by atoms with Crippen LogP contribution in [0.15, 0.2) is 28.7 Å². The van der Waals surface area contributed by atoms with E-state index in [0.717, 1.165) is 0 Å². The van der Waals surface area contributed by atoms with Gasteiger partial charge in [0.05, 0.1) is 17.9 Å². The number of methoxy groups -OCH3 is 1. The van der Waals surface area contributed by atoms with Gasteiger partial charge in [-0.25, -0.2) is 13.1 Å². The summed E-state index contributed by atoms with van der Waals surface area (Å²) in [6, 6.07) is 6.14. The number of benzene rings is 1. The lowest BCUT2D eigenvalue weighted by Crippen LogP contribution is -2.32. The van der Waals surface area contributed by atoms with Gasteiger partial charge < -0.3 is 14.3 Å². The first-order valence-corrected chi connectivity index (χ1v) is 9.65. The molecule has 1 atom stereocenters. The zero-order chi connectivity index (χ0) is 18.7. The Kier molecular flexibility index (Phi) is 5.23. The monoisotopic (exact) mass is 381 g/mol. The van der Waals surface area contributed by atoms with Crippen molar-refractivity contribution in [1.82, 2.24) is 14.9 Å². The Labute approximate surface area is 150 Å². The second-order valence-corrected chi connectivity index (χ2v) is 7.99. The number of hydrogen-bond donors (Lipinski definition) is 2. The first-order chi connectivity index (χ1) is 12.4. The van der Waals surface area contributed by atoms with Crippen molar-refractivity contribution in [2.24, 2.45) is 0 Å². The van der Waals surface area contributed by atoms with Crippen molar-refractivity contribution in [1.29, 1.82) is 0 Å². The van der Waals surface area contributed by atoms with E-state index in [1.54, 1.807) is 24.3 Å². The molecular weight excluding hydrogens is 362 g/mol. The number of carbonyl (C=O) groups is 1. The summed E-state index contributed by atoms with van der Waals surface area (Å²) in [5, 5.41) is 16.4. The molecule has 2 aromatic rings. The second kappa shape index (κ2) is 7.42. The normalized spacial score (nSPS) is 15.6. The van der Waals surface area contributed by atoms with E-state index in [4.69, 9.17) is 14.3 Å². The summed E-state index contributed by atoms with van der Waals surface area (Å²) in [5.74, 6) is -0.312. The van der Waals surface area contributed by atoms with E-state index in [-0.39, 0.29) is 24.6 Å². The topological polar surface area (TPSA) is 132 Å². The maximum Gasteiger partial charge on any atom is 0.303 e. The zero-order valence-electron chi connectivity index (χ0n) is 14.1. The van der Waals surface area contributed by atoms with Crippen LogP contribution in [0, 0.1) is 0 Å². The highest BCUT2D eigenvalue weighted by molar-refractivity contribution is 7.90. The number of carboxylic acids is 1. The van der Waals surface area contributed by atoms with Crippen molar-refractivity contribution in [3.8, 4) is 17.2 Å². The molecule has 2 N–H and O–H groups in total. The molecule has 26 heavy (non-hydrogen) atoms. The highest BCUT2D eigenvalue weighted by Gasteiger charge is 2.38. The van der Waals surface area contributed by atoms with E-state index in [9.17, 15) is 13.2 Å². The van der Waals surface area contributed by atoms with E-state index in [2.05, 4.69) is 14.9 Å². The van der Waals surface area contributed by atoms with Crippen LogP contribution in [0.2, 0.25) is 0 Å². The lowest BCUT2D eigenvalue weighted by molar-refractivity contribution is -0.137. The summed E-state index contributed by atoms with van der Waals surface area (Å²) >= 11 is 0. The Bertz CT molecular complexity index is 891. The summed E-state index contributed by atoms with van der Waals surface area (Å²) in [6.45, 7) is 0. The Morgan fingerprint density at radius 3 is 2.77 bits per heavy atom. The molecule has 1 heterocycles. The third kappa shape index (κ3) is 4.20. The molecular formula is C16H19N3O6S. The van der Waals surface area contributed by atoms with Crippen LogP contribution in [0.1, 0.15) is 37.6 Å². The fourth-order valence-corrected chi connectivity index (χ4v) is 4.04. The minimum Gasteiger partial charge on any atom is -0.496 e. The number of aliphatic carboxylic acids is 1. The quantitative estimate of drug-likeness (QED) is 0.671. The number of rotatable bonds is 9. The maximum atomic E-state index is 12.2. The number of ether oxygens (including phenoxy) is 1. The van der Waals surface area contributed by atoms with Crippen molar-refractivity contribution >= 4 is 16.0 Å². The molecule has 0 spiro atoms. The van der Waals surface area contributed by atoms with Crippen molar-refractivity contribution in [2.45, 2.75) is 37.0 Å². The molecule has 1 aromatic heterocycles. The average molecular weight is 381 g/mol. The van der Waals surface area contributed by atoms with Crippen molar-refractivity contribution < 1.29 is 27.5 Å². The molecule has 140 valence electrons. The summed E-state index contributed by atoms with van der Waals surface area (Å²) in [7, 11) is -2.04. The molecule has 10 heteroatoms. The van der Waals surface area contributed by atoms with E-state index in [0.29, 0.717) is 24.2 Å². The van der Waals surface area contributed by atoms with Gasteiger partial charge in [-0.1, -0.05) is 12.1 Å². The van der Waals surface area contributed by atoms with E-state index < -0.39 is 27.3 Å². The van der Waals surface area contributed by atoms with E-state index >= 15 is 0 Å². The number of hydrogen-bond acceptors (Lipinski definition) is 7. The molecule has 0 saturated heterocycles. The van der Waals surface area contributed by atoms with Gasteiger partial charge in [-0.15, -0.1) is 10.2 Å². The molecule has 1 aliphatic carbocycles. The van der Waals surface area contributed by atoms with Crippen LogP contribution >= 0.6 is 0 Å². The smallest absolute Gasteiger partial charge is 0.303 e. The number of carboxylic acid groups (broad SMARTS) is 1. The molecule has 0 bridgehead atoms. The maximum absolute atomic E-state index is 12.2. The summed E-state index contributed by atoms with van der Waals surface area (Å²) in [5.41, 5.74) is 0.566. The second-order valence-electron chi connectivity index (χ2n) is 5.99. The van der Waals surface area contributed by atoms with Crippen LogP contribution in [-0.2, 0) is 14.8 Å². The van der Waals surface area contributed by atoms with Crippen molar-refractivity contribution in [3.63, 3.8) is 0 Å². The number of aromatic nitrogens is 2. The van der Waals surface area contributed by atoms with Gasteiger partial charge in [0.1, 0.15) is 11.8 Å². The molecule has 0 amide bonds. The molecule has 0 aliphatic heterocycles. The van der Waals surface area contributed by atoms with Gasteiger partial charge in [-0.05, 0) is 31.4 Å². The summed E-state index contributed by atoms with van der Waals surface area (Å²) < 4.78 is 37.8. The first kappa shape index (κ1) is 18.3. The minimum atomic E-state index is -3.55. The minimum absolute atomic E-state index is 0.00877. The lowest BCUT2D eigenvalue weighted by atomic mass is 10.2. The third-order valence-electron chi connectivity index (χ3n) is 3.99. The zero-order valence-corrected chi connectivity index (χ0v) is 14.9. The van der Waals surface area contributed by atoms with Gasteiger partial charge in [0.15, 0.2) is 0 Å².